The number of aryl methyl sites for hydroxylation is 1. The van der Waals surface area contributed by atoms with E-state index in [1.54, 1.807) is 13.2 Å². The van der Waals surface area contributed by atoms with E-state index in [0.29, 0.717) is 0 Å². The number of hydrogen-bond acceptors (Lipinski definition) is 4. The van der Waals surface area contributed by atoms with Crippen molar-refractivity contribution < 1.29 is 4.84 Å². The third-order valence-corrected chi connectivity index (χ3v) is 1.34. The number of nitrogens with one attached hydrogen (secondary N) is 1. The lowest BCUT2D eigenvalue weighted by Gasteiger charge is -2.03. The summed E-state index contributed by atoms with van der Waals surface area (Å²) in [7, 11) is 1.62. The molecule has 68 valence electrons. The van der Waals surface area contributed by atoms with Crippen LogP contribution in [0.15, 0.2) is 17.2 Å². The molecule has 0 aliphatic heterocycles. The van der Waals surface area contributed by atoms with Crippen molar-refractivity contribution in [2.24, 2.45) is 7.05 Å². The molecule has 5 heteroatoms. The van der Waals surface area contributed by atoms with Crippen LogP contribution >= 0.6 is 0 Å². The van der Waals surface area contributed by atoms with Crippen LogP contribution in [0.2, 0.25) is 0 Å². The second kappa shape index (κ2) is 4.28. The van der Waals surface area contributed by atoms with Gasteiger partial charge in [-0.2, -0.15) is 0 Å². The van der Waals surface area contributed by atoms with Gasteiger partial charge >= 0.3 is 0 Å². The first kappa shape index (κ1) is 9.29. The number of hydrogen-bond donors (Lipinski definition) is 1. The maximum atomic E-state index is 11.3. The molecule has 1 N–H and O–H groups in total. The Morgan fingerprint density at radius 1 is 1.85 bits per heavy atom. The average molecular weight is 179 g/mol. The molecule has 0 amide bonds. The van der Waals surface area contributed by atoms with Gasteiger partial charge in [0.2, 0.25) is 5.82 Å². The average Bonchev–Trinajstić information content (AvgIpc) is 2.13. The molecule has 0 atom stereocenters. The highest BCUT2D eigenvalue weighted by Gasteiger charge is 1.99. The molecule has 1 rings (SSSR count). The number of aromatic nitrogens is 2. The Balaban J connectivity index is 2.73. The largest absolute Gasteiger partial charge is 0.314 e. The standard InChI is InChI=1S/C8H9N3O2/c1-3-6-13-10-7-8(12)11(2)5-4-9-7/h1,4-5H,6H2,2H3,(H,9,10). The zero-order chi connectivity index (χ0) is 9.68. The highest BCUT2D eigenvalue weighted by atomic mass is 16.6. The van der Waals surface area contributed by atoms with E-state index in [9.17, 15) is 4.79 Å². The summed E-state index contributed by atoms with van der Waals surface area (Å²) in [5.41, 5.74) is 2.10. The van der Waals surface area contributed by atoms with Crippen LogP contribution in [0.5, 0.6) is 0 Å². The number of rotatable bonds is 3. The zero-order valence-electron chi connectivity index (χ0n) is 7.15. The van der Waals surface area contributed by atoms with Gasteiger partial charge in [-0.15, -0.1) is 6.42 Å². The predicted molar refractivity (Wildman–Crippen MR) is 47.9 cm³/mol. The summed E-state index contributed by atoms with van der Waals surface area (Å²) in [4.78, 5) is 19.8. The molecule has 1 aromatic heterocycles. The van der Waals surface area contributed by atoms with E-state index in [-0.39, 0.29) is 18.0 Å². The Hall–Kier alpha value is -1.80. The first-order chi connectivity index (χ1) is 6.25. The lowest BCUT2D eigenvalue weighted by molar-refractivity contribution is 0.231. The van der Waals surface area contributed by atoms with Crippen molar-refractivity contribution in [3.63, 3.8) is 0 Å². The van der Waals surface area contributed by atoms with Crippen molar-refractivity contribution in [3.05, 3.63) is 22.7 Å². The van der Waals surface area contributed by atoms with Crippen LogP contribution in [0.4, 0.5) is 5.82 Å². The monoisotopic (exact) mass is 179 g/mol. The van der Waals surface area contributed by atoms with E-state index < -0.39 is 0 Å². The van der Waals surface area contributed by atoms with E-state index in [1.165, 1.54) is 10.8 Å². The number of terminal acetylenes is 1. The summed E-state index contributed by atoms with van der Waals surface area (Å²) in [6.45, 7) is 0.0831. The van der Waals surface area contributed by atoms with Gasteiger partial charge in [-0.05, 0) is 0 Å². The van der Waals surface area contributed by atoms with Crippen molar-refractivity contribution in [1.82, 2.24) is 9.55 Å². The fraction of sp³-hybridized carbons (Fsp3) is 0.250. The number of nitrogens with zero attached hydrogens (tertiary/aromatic N) is 2. The molecule has 1 aromatic rings. The van der Waals surface area contributed by atoms with E-state index in [0.717, 1.165) is 0 Å². The highest BCUT2D eigenvalue weighted by molar-refractivity contribution is 5.27. The second-order valence-electron chi connectivity index (χ2n) is 2.29. The molecular formula is C8H9N3O2. The van der Waals surface area contributed by atoms with Gasteiger partial charge in [0.05, 0.1) is 0 Å². The van der Waals surface area contributed by atoms with Crippen molar-refractivity contribution in [1.29, 1.82) is 0 Å². The molecule has 0 saturated heterocycles. The zero-order valence-corrected chi connectivity index (χ0v) is 7.15. The molecule has 0 unspecified atom stereocenters. The van der Waals surface area contributed by atoms with Crippen molar-refractivity contribution >= 4 is 5.82 Å². The van der Waals surface area contributed by atoms with Gasteiger partial charge in [0, 0.05) is 19.4 Å². The third kappa shape index (κ3) is 2.32. The summed E-state index contributed by atoms with van der Waals surface area (Å²) in [6.07, 6.45) is 7.98. The fourth-order valence-corrected chi connectivity index (χ4v) is 0.714. The van der Waals surface area contributed by atoms with E-state index >= 15 is 0 Å². The Bertz CT molecular complexity index is 378. The van der Waals surface area contributed by atoms with Crippen LogP contribution in [0.3, 0.4) is 0 Å². The Morgan fingerprint density at radius 2 is 2.62 bits per heavy atom. The molecule has 0 saturated carbocycles. The molecule has 0 radical (unpaired) electrons. The molecule has 0 aromatic carbocycles. The Morgan fingerprint density at radius 3 is 3.31 bits per heavy atom. The quantitative estimate of drug-likeness (QED) is 0.395. The topological polar surface area (TPSA) is 56.1 Å². The molecule has 0 aliphatic carbocycles. The van der Waals surface area contributed by atoms with Crippen molar-refractivity contribution in [2.45, 2.75) is 0 Å². The van der Waals surface area contributed by atoms with Gasteiger partial charge in [0.15, 0.2) is 0 Å². The fourth-order valence-electron chi connectivity index (χ4n) is 0.714. The second-order valence-corrected chi connectivity index (χ2v) is 2.29. The summed E-state index contributed by atoms with van der Waals surface area (Å²) in [5.74, 6) is 2.38. The maximum Gasteiger partial charge on any atom is 0.295 e. The summed E-state index contributed by atoms with van der Waals surface area (Å²) < 4.78 is 1.38. The van der Waals surface area contributed by atoms with Crippen LogP contribution in [0, 0.1) is 12.3 Å². The highest BCUT2D eigenvalue weighted by Crippen LogP contribution is 1.90. The third-order valence-electron chi connectivity index (χ3n) is 1.34. The lowest BCUT2D eigenvalue weighted by atomic mass is 10.6. The van der Waals surface area contributed by atoms with Crippen LogP contribution in [0.1, 0.15) is 0 Å². The minimum absolute atomic E-state index is 0.0831. The van der Waals surface area contributed by atoms with E-state index in [2.05, 4.69) is 16.4 Å². The van der Waals surface area contributed by atoms with Crippen LogP contribution < -0.4 is 11.0 Å². The van der Waals surface area contributed by atoms with E-state index in [1.807, 2.05) is 0 Å². The molecular weight excluding hydrogens is 170 g/mol. The van der Waals surface area contributed by atoms with Gasteiger partial charge in [-0.1, -0.05) is 5.92 Å². The minimum atomic E-state index is -0.264. The van der Waals surface area contributed by atoms with Gasteiger partial charge in [0.1, 0.15) is 6.61 Å². The molecule has 0 bridgehead atoms. The summed E-state index contributed by atoms with van der Waals surface area (Å²) in [5, 5.41) is 0. The first-order valence-corrected chi connectivity index (χ1v) is 3.58. The van der Waals surface area contributed by atoms with Crippen LogP contribution in [-0.4, -0.2) is 16.2 Å². The molecule has 1 heterocycles. The Kier molecular flexibility index (Phi) is 3.06. The smallest absolute Gasteiger partial charge is 0.295 e. The van der Waals surface area contributed by atoms with Crippen LogP contribution in [-0.2, 0) is 11.9 Å². The molecule has 0 spiro atoms. The van der Waals surface area contributed by atoms with Gasteiger partial charge < -0.3 is 4.57 Å². The lowest BCUT2D eigenvalue weighted by Crippen LogP contribution is -2.22. The van der Waals surface area contributed by atoms with Crippen molar-refractivity contribution in [2.75, 3.05) is 12.1 Å². The maximum absolute atomic E-state index is 11.3. The normalized spacial score (nSPS) is 9.23. The van der Waals surface area contributed by atoms with E-state index in [4.69, 9.17) is 11.3 Å². The molecule has 13 heavy (non-hydrogen) atoms. The first-order valence-electron chi connectivity index (χ1n) is 3.58. The number of anilines is 1. The predicted octanol–water partition coefficient (Wildman–Crippen LogP) is -0.243. The molecule has 5 nitrogen and oxygen atoms in total. The van der Waals surface area contributed by atoms with Crippen LogP contribution in [0.25, 0.3) is 0 Å². The SMILES string of the molecule is C#CCONc1nccn(C)c1=O. The minimum Gasteiger partial charge on any atom is -0.314 e. The molecule has 0 aliphatic rings. The van der Waals surface area contributed by atoms with Gasteiger partial charge in [-0.25, -0.2) is 10.5 Å². The summed E-state index contributed by atoms with van der Waals surface area (Å²) >= 11 is 0. The summed E-state index contributed by atoms with van der Waals surface area (Å²) in [6, 6.07) is 0. The van der Waals surface area contributed by atoms with Crippen molar-refractivity contribution in [3.8, 4) is 12.3 Å². The Labute approximate surface area is 75.3 Å². The van der Waals surface area contributed by atoms with Gasteiger partial charge in [0.25, 0.3) is 5.56 Å². The molecule has 0 fully saturated rings. The van der Waals surface area contributed by atoms with Gasteiger partial charge in [-0.3, -0.25) is 9.63 Å².